The van der Waals surface area contributed by atoms with Crippen molar-refractivity contribution in [3.8, 4) is 0 Å². The molecule has 0 aliphatic carbocycles. The van der Waals surface area contributed by atoms with Crippen LogP contribution in [0.4, 0.5) is 5.69 Å². The fourth-order valence-corrected chi connectivity index (χ4v) is 2.52. The second-order valence-corrected chi connectivity index (χ2v) is 5.02. The number of amides is 1. The summed E-state index contributed by atoms with van der Waals surface area (Å²) in [6.07, 6.45) is 2.26. The molecular formula is C14H11ClN2O3. The average Bonchev–Trinajstić information content (AvgIpc) is 3.03. The molecule has 2 N–H and O–H groups in total. The summed E-state index contributed by atoms with van der Waals surface area (Å²) in [5, 5.41) is 9.50. The molecule has 0 bridgehead atoms. The number of aromatic nitrogens is 1. The number of hydrogen-bond acceptors (Lipinski definition) is 2. The van der Waals surface area contributed by atoms with Crippen molar-refractivity contribution in [2.45, 2.75) is 6.42 Å². The largest absolute Gasteiger partial charge is 0.478 e. The highest BCUT2D eigenvalue weighted by Gasteiger charge is 2.27. The molecule has 0 fully saturated rings. The number of aromatic carboxylic acids is 1. The number of H-pyrrole nitrogens is 1. The first-order valence-corrected chi connectivity index (χ1v) is 6.46. The summed E-state index contributed by atoms with van der Waals surface area (Å²) in [6.45, 7) is 0.536. The summed E-state index contributed by atoms with van der Waals surface area (Å²) in [5.41, 5.74) is 2.19. The van der Waals surface area contributed by atoms with Crippen molar-refractivity contribution in [2.24, 2.45) is 0 Å². The second kappa shape index (κ2) is 4.68. The molecule has 0 saturated carbocycles. The first kappa shape index (κ1) is 12.7. The molecule has 0 saturated heterocycles. The number of halogens is 1. The van der Waals surface area contributed by atoms with Crippen LogP contribution in [-0.2, 0) is 6.42 Å². The molecule has 5 nitrogen and oxygen atoms in total. The van der Waals surface area contributed by atoms with Crippen LogP contribution in [0.25, 0.3) is 0 Å². The molecule has 3 rings (SSSR count). The number of anilines is 1. The van der Waals surface area contributed by atoms with Gasteiger partial charge in [0.1, 0.15) is 5.69 Å². The van der Waals surface area contributed by atoms with Gasteiger partial charge in [-0.3, -0.25) is 4.79 Å². The lowest BCUT2D eigenvalue weighted by molar-refractivity contribution is 0.0696. The number of carbonyl (C=O) groups excluding carboxylic acids is 1. The van der Waals surface area contributed by atoms with Crippen molar-refractivity contribution < 1.29 is 14.7 Å². The lowest BCUT2D eigenvalue weighted by Gasteiger charge is -2.16. The van der Waals surface area contributed by atoms with Gasteiger partial charge in [0.2, 0.25) is 0 Å². The first-order valence-electron chi connectivity index (χ1n) is 6.08. The maximum atomic E-state index is 12.4. The summed E-state index contributed by atoms with van der Waals surface area (Å²) in [7, 11) is 0. The zero-order chi connectivity index (χ0) is 14.3. The highest BCUT2D eigenvalue weighted by atomic mass is 35.5. The van der Waals surface area contributed by atoms with E-state index >= 15 is 0 Å². The van der Waals surface area contributed by atoms with Gasteiger partial charge in [-0.05, 0) is 30.2 Å². The lowest BCUT2D eigenvalue weighted by atomic mass is 10.1. The Morgan fingerprint density at radius 2 is 2.10 bits per heavy atom. The molecule has 2 aromatic rings. The number of nitrogens with zero attached hydrogens (tertiary/aromatic N) is 1. The highest BCUT2D eigenvalue weighted by Crippen LogP contribution is 2.30. The Bertz CT molecular complexity index is 708. The normalized spacial score (nSPS) is 13.3. The molecule has 102 valence electrons. The van der Waals surface area contributed by atoms with Gasteiger partial charge >= 0.3 is 5.97 Å². The Labute approximate surface area is 119 Å². The third-order valence-electron chi connectivity index (χ3n) is 3.35. The van der Waals surface area contributed by atoms with Crippen molar-refractivity contribution in [3.05, 3.63) is 52.3 Å². The van der Waals surface area contributed by atoms with Crippen molar-refractivity contribution >= 4 is 29.2 Å². The Morgan fingerprint density at radius 1 is 1.30 bits per heavy atom. The van der Waals surface area contributed by atoms with Gasteiger partial charge < -0.3 is 15.0 Å². The van der Waals surface area contributed by atoms with E-state index in [4.69, 9.17) is 16.7 Å². The van der Waals surface area contributed by atoms with Crippen LogP contribution < -0.4 is 4.90 Å². The van der Waals surface area contributed by atoms with E-state index in [-0.39, 0.29) is 11.5 Å². The van der Waals surface area contributed by atoms with Gasteiger partial charge in [-0.1, -0.05) is 17.7 Å². The number of benzene rings is 1. The molecule has 20 heavy (non-hydrogen) atoms. The third-order valence-corrected chi connectivity index (χ3v) is 3.57. The molecule has 1 aromatic heterocycles. The number of carboxylic acid groups (broad SMARTS) is 1. The first-order chi connectivity index (χ1) is 9.56. The average molecular weight is 291 g/mol. The van der Waals surface area contributed by atoms with Crippen molar-refractivity contribution in [2.75, 3.05) is 11.4 Å². The minimum atomic E-state index is -1.00. The van der Waals surface area contributed by atoms with Gasteiger partial charge in [0.05, 0.1) is 10.6 Å². The molecule has 1 aliphatic rings. The molecule has 1 amide bonds. The monoisotopic (exact) mass is 290 g/mol. The van der Waals surface area contributed by atoms with Gasteiger partial charge in [0.25, 0.3) is 5.91 Å². The number of fused-ring (bicyclic) bond motifs is 1. The van der Waals surface area contributed by atoms with Crippen LogP contribution in [0.5, 0.6) is 0 Å². The van der Waals surface area contributed by atoms with E-state index in [1.54, 1.807) is 29.3 Å². The maximum absolute atomic E-state index is 12.4. The third kappa shape index (κ3) is 2.06. The number of nitrogens with one attached hydrogen (secondary N) is 1. The van der Waals surface area contributed by atoms with E-state index in [0.29, 0.717) is 22.9 Å². The van der Waals surface area contributed by atoms with Crippen molar-refractivity contribution in [1.82, 2.24) is 4.98 Å². The van der Waals surface area contributed by atoms with E-state index in [2.05, 4.69) is 4.98 Å². The molecule has 2 heterocycles. The number of hydrogen-bond donors (Lipinski definition) is 2. The maximum Gasteiger partial charge on any atom is 0.335 e. The van der Waals surface area contributed by atoms with Crippen LogP contribution in [0.2, 0.25) is 5.02 Å². The van der Waals surface area contributed by atoms with Gasteiger partial charge in [-0.25, -0.2) is 4.79 Å². The van der Waals surface area contributed by atoms with Crippen LogP contribution >= 0.6 is 11.6 Å². The molecule has 0 radical (unpaired) electrons. The number of carbonyl (C=O) groups is 2. The quantitative estimate of drug-likeness (QED) is 0.893. The molecule has 0 atom stereocenters. The predicted octanol–water partition coefficient (Wildman–Crippen LogP) is 2.57. The summed E-state index contributed by atoms with van der Waals surface area (Å²) in [5.74, 6) is -1.21. The summed E-state index contributed by atoms with van der Waals surface area (Å²) >= 11 is 5.80. The Morgan fingerprint density at radius 3 is 2.75 bits per heavy atom. The molecule has 1 aromatic carbocycles. The molecule has 0 spiro atoms. The number of carboxylic acids is 1. The zero-order valence-electron chi connectivity index (χ0n) is 10.4. The smallest absolute Gasteiger partial charge is 0.335 e. The standard InChI is InChI=1S/C14H11ClN2O3/c15-10-6-11(16-7-10)13(18)17-4-3-8-1-2-9(14(19)20)5-12(8)17/h1-2,5-7,16H,3-4H2,(H,19,20). The molecule has 0 unspecified atom stereocenters. The lowest BCUT2D eigenvalue weighted by Crippen LogP contribution is -2.29. The van der Waals surface area contributed by atoms with E-state index in [1.165, 1.54) is 6.07 Å². The van der Waals surface area contributed by atoms with Crippen molar-refractivity contribution in [1.29, 1.82) is 0 Å². The zero-order valence-corrected chi connectivity index (χ0v) is 11.1. The van der Waals surface area contributed by atoms with Gasteiger partial charge in [-0.15, -0.1) is 0 Å². The summed E-state index contributed by atoms with van der Waals surface area (Å²) in [6, 6.07) is 6.41. The summed E-state index contributed by atoms with van der Waals surface area (Å²) < 4.78 is 0. The van der Waals surface area contributed by atoms with E-state index in [1.807, 2.05) is 0 Å². The highest BCUT2D eigenvalue weighted by molar-refractivity contribution is 6.31. The summed E-state index contributed by atoms with van der Waals surface area (Å²) in [4.78, 5) is 27.8. The van der Waals surface area contributed by atoms with Gasteiger partial charge in [0, 0.05) is 18.4 Å². The van der Waals surface area contributed by atoms with E-state index in [0.717, 1.165) is 12.0 Å². The Kier molecular flexibility index (Phi) is 2.99. The van der Waals surface area contributed by atoms with E-state index < -0.39 is 5.97 Å². The van der Waals surface area contributed by atoms with Crippen LogP contribution in [0.1, 0.15) is 26.4 Å². The second-order valence-electron chi connectivity index (χ2n) is 4.59. The molecule has 6 heteroatoms. The molecule has 1 aliphatic heterocycles. The Balaban J connectivity index is 1.97. The fourth-order valence-electron chi connectivity index (χ4n) is 2.36. The topological polar surface area (TPSA) is 73.4 Å². The number of aromatic amines is 1. The minimum Gasteiger partial charge on any atom is -0.478 e. The SMILES string of the molecule is O=C(O)c1ccc2c(c1)N(C(=O)c1cc(Cl)c[nH]1)CC2. The van der Waals surface area contributed by atoms with Gasteiger partial charge in [-0.2, -0.15) is 0 Å². The van der Waals surface area contributed by atoms with Crippen LogP contribution in [0, 0.1) is 0 Å². The van der Waals surface area contributed by atoms with Crippen LogP contribution in [0.15, 0.2) is 30.5 Å². The van der Waals surface area contributed by atoms with Crippen LogP contribution in [0.3, 0.4) is 0 Å². The predicted molar refractivity (Wildman–Crippen MR) is 74.6 cm³/mol. The van der Waals surface area contributed by atoms with Crippen LogP contribution in [-0.4, -0.2) is 28.5 Å². The number of rotatable bonds is 2. The van der Waals surface area contributed by atoms with E-state index in [9.17, 15) is 9.59 Å². The molecular weight excluding hydrogens is 280 g/mol. The van der Waals surface area contributed by atoms with Crippen molar-refractivity contribution in [3.63, 3.8) is 0 Å². The minimum absolute atomic E-state index is 0.174. The Hall–Kier alpha value is -2.27. The van der Waals surface area contributed by atoms with Gasteiger partial charge in [0.15, 0.2) is 0 Å². The fraction of sp³-hybridized carbons (Fsp3) is 0.143.